The van der Waals surface area contributed by atoms with Gasteiger partial charge < -0.3 is 9.55 Å². The SMILES string of the molecule is Cc1cc(C(C)(C)C)c(C)cc1-c1cc(=O)c2c(-c3ncc(C)n3C)nccc2[nH]1. The molecule has 0 atom stereocenters. The third-order valence-corrected chi connectivity index (χ3v) is 5.84. The molecule has 30 heavy (non-hydrogen) atoms. The summed E-state index contributed by atoms with van der Waals surface area (Å²) in [6.07, 6.45) is 3.52. The van der Waals surface area contributed by atoms with E-state index >= 15 is 0 Å². The van der Waals surface area contributed by atoms with Gasteiger partial charge in [-0.15, -0.1) is 0 Å². The van der Waals surface area contributed by atoms with Crippen LogP contribution in [-0.2, 0) is 12.5 Å². The summed E-state index contributed by atoms with van der Waals surface area (Å²) in [6, 6.07) is 7.95. The van der Waals surface area contributed by atoms with E-state index in [1.54, 1.807) is 18.5 Å². The Morgan fingerprint density at radius 3 is 2.37 bits per heavy atom. The van der Waals surface area contributed by atoms with Crippen LogP contribution in [0.3, 0.4) is 0 Å². The molecule has 1 aromatic carbocycles. The molecular weight excluding hydrogens is 372 g/mol. The number of hydrogen-bond donors (Lipinski definition) is 1. The molecule has 3 heterocycles. The fourth-order valence-electron chi connectivity index (χ4n) is 4.14. The number of nitrogens with zero attached hydrogens (tertiary/aromatic N) is 3. The summed E-state index contributed by atoms with van der Waals surface area (Å²) in [7, 11) is 1.93. The molecule has 154 valence electrons. The van der Waals surface area contributed by atoms with Gasteiger partial charge in [-0.2, -0.15) is 0 Å². The van der Waals surface area contributed by atoms with Crippen molar-refractivity contribution in [3.8, 4) is 22.8 Å². The molecule has 1 N–H and O–H groups in total. The Bertz CT molecular complexity index is 1340. The zero-order chi connectivity index (χ0) is 21.8. The zero-order valence-corrected chi connectivity index (χ0v) is 18.7. The van der Waals surface area contributed by atoms with Crippen LogP contribution in [0.15, 0.2) is 41.5 Å². The molecule has 4 aromatic rings. The van der Waals surface area contributed by atoms with Gasteiger partial charge in [-0.25, -0.2) is 4.98 Å². The van der Waals surface area contributed by atoms with Crippen molar-refractivity contribution in [3.05, 3.63) is 69.3 Å². The minimum absolute atomic E-state index is 0.0561. The summed E-state index contributed by atoms with van der Waals surface area (Å²) in [5.41, 5.74) is 7.96. The molecule has 3 aromatic heterocycles. The minimum Gasteiger partial charge on any atom is -0.354 e. The highest BCUT2D eigenvalue weighted by atomic mass is 16.1. The van der Waals surface area contributed by atoms with Crippen molar-refractivity contribution in [1.82, 2.24) is 19.5 Å². The first-order valence-electron chi connectivity index (χ1n) is 10.2. The molecule has 0 aliphatic carbocycles. The molecule has 0 radical (unpaired) electrons. The topological polar surface area (TPSA) is 63.6 Å². The van der Waals surface area contributed by atoms with E-state index in [0.717, 1.165) is 28.0 Å². The minimum atomic E-state index is -0.0561. The van der Waals surface area contributed by atoms with E-state index in [4.69, 9.17) is 0 Å². The monoisotopic (exact) mass is 400 g/mol. The lowest BCUT2D eigenvalue weighted by atomic mass is 9.82. The fourth-order valence-corrected chi connectivity index (χ4v) is 4.14. The van der Waals surface area contributed by atoms with Gasteiger partial charge >= 0.3 is 0 Å². The largest absolute Gasteiger partial charge is 0.354 e. The first-order valence-corrected chi connectivity index (χ1v) is 10.2. The number of aromatic nitrogens is 4. The van der Waals surface area contributed by atoms with Gasteiger partial charge in [0.15, 0.2) is 11.3 Å². The molecule has 0 amide bonds. The normalized spacial score (nSPS) is 12.0. The lowest BCUT2D eigenvalue weighted by Gasteiger charge is -2.23. The number of H-pyrrole nitrogens is 1. The second-order valence-electron chi connectivity index (χ2n) is 9.14. The maximum atomic E-state index is 13.2. The Kier molecular flexibility index (Phi) is 4.64. The third-order valence-electron chi connectivity index (χ3n) is 5.84. The number of imidazole rings is 1. The summed E-state index contributed by atoms with van der Waals surface area (Å²) in [4.78, 5) is 25.6. The summed E-state index contributed by atoms with van der Waals surface area (Å²) < 4.78 is 1.95. The van der Waals surface area contributed by atoms with Gasteiger partial charge in [0.05, 0.1) is 10.9 Å². The zero-order valence-electron chi connectivity index (χ0n) is 18.7. The molecule has 5 nitrogen and oxygen atoms in total. The van der Waals surface area contributed by atoms with E-state index < -0.39 is 0 Å². The van der Waals surface area contributed by atoms with E-state index in [-0.39, 0.29) is 10.8 Å². The molecule has 0 fully saturated rings. The van der Waals surface area contributed by atoms with E-state index in [1.807, 2.05) is 24.6 Å². The predicted molar refractivity (Wildman–Crippen MR) is 123 cm³/mol. The number of hydrogen-bond acceptors (Lipinski definition) is 3. The van der Waals surface area contributed by atoms with Crippen LogP contribution in [0, 0.1) is 20.8 Å². The fraction of sp³-hybridized carbons (Fsp3) is 0.320. The van der Waals surface area contributed by atoms with E-state index in [0.29, 0.717) is 16.9 Å². The Labute approximate surface area is 176 Å². The average molecular weight is 401 g/mol. The van der Waals surface area contributed by atoms with Gasteiger partial charge in [0.2, 0.25) is 0 Å². The number of benzene rings is 1. The smallest absolute Gasteiger partial charge is 0.192 e. The van der Waals surface area contributed by atoms with Gasteiger partial charge in [0, 0.05) is 42.5 Å². The van der Waals surface area contributed by atoms with Crippen LogP contribution in [0.25, 0.3) is 33.7 Å². The maximum absolute atomic E-state index is 13.2. The molecule has 4 rings (SSSR count). The quantitative estimate of drug-likeness (QED) is 0.502. The third kappa shape index (κ3) is 3.24. The second-order valence-corrected chi connectivity index (χ2v) is 9.14. The molecule has 0 spiro atoms. The number of pyridine rings is 2. The van der Waals surface area contributed by atoms with Gasteiger partial charge in [0.25, 0.3) is 0 Å². The van der Waals surface area contributed by atoms with Crippen LogP contribution in [0.1, 0.15) is 43.2 Å². The summed E-state index contributed by atoms with van der Waals surface area (Å²) in [5, 5.41) is 0.565. The molecule has 0 aliphatic heterocycles. The predicted octanol–water partition coefficient (Wildman–Crippen LogP) is 5.21. The molecule has 0 saturated carbocycles. The number of nitrogens with one attached hydrogen (secondary N) is 1. The van der Waals surface area contributed by atoms with Crippen LogP contribution in [0.5, 0.6) is 0 Å². The van der Waals surface area contributed by atoms with Crippen LogP contribution in [0.4, 0.5) is 0 Å². The Balaban J connectivity index is 1.93. The summed E-state index contributed by atoms with van der Waals surface area (Å²) in [6.45, 7) is 12.9. The lowest BCUT2D eigenvalue weighted by Crippen LogP contribution is -2.14. The molecule has 0 aliphatic rings. The molecule has 5 heteroatoms. The van der Waals surface area contributed by atoms with Crippen molar-refractivity contribution in [2.75, 3.05) is 0 Å². The Morgan fingerprint density at radius 2 is 1.73 bits per heavy atom. The Hall–Kier alpha value is -3.21. The van der Waals surface area contributed by atoms with Crippen LogP contribution in [-0.4, -0.2) is 19.5 Å². The first-order chi connectivity index (χ1) is 14.1. The van der Waals surface area contributed by atoms with E-state index in [2.05, 4.69) is 61.7 Å². The summed E-state index contributed by atoms with van der Waals surface area (Å²) >= 11 is 0. The molecule has 0 bridgehead atoms. The Morgan fingerprint density at radius 1 is 1.00 bits per heavy atom. The highest BCUT2D eigenvalue weighted by Crippen LogP contribution is 2.32. The van der Waals surface area contributed by atoms with Gasteiger partial charge in [-0.05, 0) is 55.0 Å². The summed E-state index contributed by atoms with van der Waals surface area (Å²) in [5.74, 6) is 0.693. The highest BCUT2D eigenvalue weighted by Gasteiger charge is 2.19. The van der Waals surface area contributed by atoms with Gasteiger partial charge in [-0.3, -0.25) is 9.78 Å². The van der Waals surface area contributed by atoms with Crippen molar-refractivity contribution >= 4 is 10.9 Å². The number of fused-ring (bicyclic) bond motifs is 1. The van der Waals surface area contributed by atoms with Crippen molar-refractivity contribution in [2.24, 2.45) is 7.05 Å². The van der Waals surface area contributed by atoms with Crippen molar-refractivity contribution in [3.63, 3.8) is 0 Å². The van der Waals surface area contributed by atoms with Crippen molar-refractivity contribution in [2.45, 2.75) is 47.0 Å². The van der Waals surface area contributed by atoms with Crippen LogP contribution in [0.2, 0.25) is 0 Å². The van der Waals surface area contributed by atoms with Crippen LogP contribution < -0.4 is 5.43 Å². The average Bonchev–Trinajstić information content (AvgIpc) is 3.00. The number of aromatic amines is 1. The first kappa shape index (κ1) is 20.1. The van der Waals surface area contributed by atoms with Gasteiger partial charge in [0.1, 0.15) is 5.69 Å². The molecule has 0 saturated heterocycles. The van der Waals surface area contributed by atoms with E-state index in [1.165, 1.54) is 11.1 Å². The van der Waals surface area contributed by atoms with Crippen molar-refractivity contribution < 1.29 is 0 Å². The highest BCUT2D eigenvalue weighted by molar-refractivity contribution is 5.92. The maximum Gasteiger partial charge on any atom is 0.192 e. The molecule has 0 unspecified atom stereocenters. The van der Waals surface area contributed by atoms with Gasteiger partial charge in [-0.1, -0.05) is 26.8 Å². The number of rotatable bonds is 2. The molecular formula is C25H28N4O. The lowest BCUT2D eigenvalue weighted by molar-refractivity contribution is 0.585. The van der Waals surface area contributed by atoms with Crippen LogP contribution >= 0.6 is 0 Å². The number of aryl methyl sites for hydroxylation is 3. The second kappa shape index (κ2) is 6.94. The van der Waals surface area contributed by atoms with E-state index in [9.17, 15) is 4.79 Å². The van der Waals surface area contributed by atoms with Crippen molar-refractivity contribution in [1.29, 1.82) is 0 Å². The standard InChI is InChI=1S/C25H28N4O/c1-14-11-18(25(4,5)6)15(2)10-17(14)20-12-21(30)22-19(28-20)8-9-26-23(22)24-27-13-16(3)29(24)7/h8-13H,1-7H3,(H,28,30).